The molecule has 9 heteroatoms. The number of aryl methyl sites for hydroxylation is 1. The zero-order valence-electron chi connectivity index (χ0n) is 18.3. The van der Waals surface area contributed by atoms with E-state index in [1.54, 1.807) is 10.7 Å². The number of phenols is 1. The van der Waals surface area contributed by atoms with E-state index in [4.69, 9.17) is 9.47 Å². The summed E-state index contributed by atoms with van der Waals surface area (Å²) in [5.41, 5.74) is 4.49. The molecule has 0 saturated carbocycles. The molecule has 0 radical (unpaired) electrons. The van der Waals surface area contributed by atoms with Crippen LogP contribution in [0.15, 0.2) is 36.5 Å². The number of amides is 1. The summed E-state index contributed by atoms with van der Waals surface area (Å²) in [6, 6.07) is 9.28. The number of hydrogen-bond donors (Lipinski definition) is 3. The SMILES string of the molecule is Cn1cc(-c2ccc(Cc3cc(C(=O)N[C@H]4CCOC[C@@H]4O)c(O)c4c3OCC4)cc2)nn1. The molecular formula is C24H26N4O5. The lowest BCUT2D eigenvalue weighted by molar-refractivity contribution is -0.0261. The Bertz CT molecular complexity index is 1170. The summed E-state index contributed by atoms with van der Waals surface area (Å²) < 4.78 is 12.7. The molecule has 9 nitrogen and oxygen atoms in total. The van der Waals surface area contributed by atoms with Gasteiger partial charge in [0, 0.05) is 37.6 Å². The van der Waals surface area contributed by atoms with Gasteiger partial charge in [-0.3, -0.25) is 9.48 Å². The molecule has 2 aliphatic heterocycles. The van der Waals surface area contributed by atoms with Crippen molar-refractivity contribution >= 4 is 5.91 Å². The van der Waals surface area contributed by atoms with Gasteiger partial charge in [-0.1, -0.05) is 29.5 Å². The van der Waals surface area contributed by atoms with E-state index in [1.165, 1.54) is 0 Å². The van der Waals surface area contributed by atoms with Gasteiger partial charge in [-0.05, 0) is 23.6 Å². The predicted molar refractivity (Wildman–Crippen MR) is 119 cm³/mol. The smallest absolute Gasteiger partial charge is 0.255 e. The van der Waals surface area contributed by atoms with Crippen molar-refractivity contribution in [1.82, 2.24) is 20.3 Å². The molecule has 1 amide bonds. The molecule has 0 bridgehead atoms. The molecule has 0 spiro atoms. The van der Waals surface area contributed by atoms with Crippen molar-refractivity contribution in [3.8, 4) is 22.8 Å². The average Bonchev–Trinajstić information content (AvgIpc) is 3.47. The lowest BCUT2D eigenvalue weighted by Crippen LogP contribution is -2.48. The van der Waals surface area contributed by atoms with Crippen molar-refractivity contribution in [1.29, 1.82) is 0 Å². The highest BCUT2D eigenvalue weighted by Crippen LogP contribution is 2.40. The van der Waals surface area contributed by atoms with Gasteiger partial charge >= 0.3 is 0 Å². The van der Waals surface area contributed by atoms with Gasteiger partial charge in [0.1, 0.15) is 17.2 Å². The number of nitrogens with zero attached hydrogens (tertiary/aromatic N) is 3. The first-order valence-corrected chi connectivity index (χ1v) is 11.0. The minimum Gasteiger partial charge on any atom is -0.507 e. The second kappa shape index (κ2) is 8.84. The van der Waals surface area contributed by atoms with Crippen molar-refractivity contribution in [2.75, 3.05) is 19.8 Å². The van der Waals surface area contributed by atoms with Crippen LogP contribution in [-0.2, 0) is 24.6 Å². The van der Waals surface area contributed by atoms with E-state index >= 15 is 0 Å². The van der Waals surface area contributed by atoms with Gasteiger partial charge in [-0.15, -0.1) is 5.10 Å². The van der Waals surface area contributed by atoms with Crippen LogP contribution in [0.25, 0.3) is 11.3 Å². The summed E-state index contributed by atoms with van der Waals surface area (Å²) in [6.07, 6.45) is 2.70. The molecule has 172 valence electrons. The van der Waals surface area contributed by atoms with Crippen LogP contribution in [0.2, 0.25) is 0 Å². The Morgan fingerprint density at radius 2 is 2.09 bits per heavy atom. The maximum Gasteiger partial charge on any atom is 0.255 e. The second-order valence-electron chi connectivity index (χ2n) is 8.50. The van der Waals surface area contributed by atoms with Crippen molar-refractivity contribution in [2.24, 2.45) is 7.05 Å². The maximum absolute atomic E-state index is 13.0. The standard InChI is InChI=1S/C24H26N4O5/c1-28-12-20(26-27-28)15-4-2-14(3-5-15)10-16-11-18(22(30)17-6-9-33-23(16)17)24(31)25-19-7-8-32-13-21(19)29/h2-5,11-12,19,21,29-30H,6-10,13H2,1H3,(H,25,31)/t19-,21-/m0/s1. The van der Waals surface area contributed by atoms with Crippen molar-refractivity contribution < 1.29 is 24.5 Å². The first kappa shape index (κ1) is 21.4. The fraction of sp³-hybridized carbons (Fsp3) is 0.375. The quantitative estimate of drug-likeness (QED) is 0.540. The maximum atomic E-state index is 13.0. The molecule has 2 atom stereocenters. The zero-order chi connectivity index (χ0) is 22.9. The van der Waals surface area contributed by atoms with Crippen molar-refractivity contribution in [2.45, 2.75) is 31.4 Å². The molecule has 5 rings (SSSR count). The Morgan fingerprint density at radius 1 is 1.27 bits per heavy atom. The van der Waals surface area contributed by atoms with Crippen LogP contribution in [0, 0.1) is 0 Å². The number of phenolic OH excluding ortho intramolecular Hbond substituents is 1. The molecule has 3 N–H and O–H groups in total. The van der Waals surface area contributed by atoms with E-state index in [2.05, 4.69) is 15.6 Å². The molecule has 1 fully saturated rings. The van der Waals surface area contributed by atoms with E-state index in [9.17, 15) is 15.0 Å². The summed E-state index contributed by atoms with van der Waals surface area (Å²) >= 11 is 0. The number of fused-ring (bicyclic) bond motifs is 1. The average molecular weight is 450 g/mol. The van der Waals surface area contributed by atoms with Crippen LogP contribution < -0.4 is 10.1 Å². The number of ether oxygens (including phenoxy) is 2. The third-order valence-corrected chi connectivity index (χ3v) is 6.16. The Labute approximate surface area is 191 Å². The predicted octanol–water partition coefficient (Wildman–Crippen LogP) is 1.59. The van der Waals surface area contributed by atoms with Crippen LogP contribution in [-0.4, -0.2) is 63.1 Å². The Morgan fingerprint density at radius 3 is 2.82 bits per heavy atom. The van der Waals surface area contributed by atoms with Gasteiger partial charge in [0.2, 0.25) is 0 Å². The Kier molecular flexibility index (Phi) is 5.74. The lowest BCUT2D eigenvalue weighted by atomic mass is 9.95. The van der Waals surface area contributed by atoms with Gasteiger partial charge in [0.05, 0.1) is 37.1 Å². The second-order valence-corrected chi connectivity index (χ2v) is 8.50. The number of benzene rings is 2. The number of aliphatic hydroxyl groups excluding tert-OH is 1. The summed E-state index contributed by atoms with van der Waals surface area (Å²) in [5, 5.41) is 31.9. The van der Waals surface area contributed by atoms with Crippen LogP contribution in [0.1, 0.15) is 33.5 Å². The number of hydrogen-bond acceptors (Lipinski definition) is 7. The molecule has 1 saturated heterocycles. The van der Waals surface area contributed by atoms with E-state index in [1.807, 2.05) is 37.5 Å². The van der Waals surface area contributed by atoms with Crippen LogP contribution in [0.4, 0.5) is 0 Å². The third-order valence-electron chi connectivity index (χ3n) is 6.16. The van der Waals surface area contributed by atoms with Gasteiger partial charge in [-0.25, -0.2) is 0 Å². The fourth-order valence-corrected chi connectivity index (χ4v) is 4.37. The van der Waals surface area contributed by atoms with Gasteiger partial charge in [-0.2, -0.15) is 0 Å². The number of aliphatic hydroxyl groups is 1. The number of carbonyl (C=O) groups is 1. The summed E-state index contributed by atoms with van der Waals surface area (Å²) in [6.45, 7) is 1.12. The molecule has 2 aromatic carbocycles. The lowest BCUT2D eigenvalue weighted by Gasteiger charge is -2.28. The zero-order valence-corrected chi connectivity index (χ0v) is 18.3. The molecule has 2 aliphatic rings. The number of rotatable bonds is 5. The molecule has 0 aliphatic carbocycles. The fourth-order valence-electron chi connectivity index (χ4n) is 4.37. The normalized spacial score (nSPS) is 19.7. The molecule has 33 heavy (non-hydrogen) atoms. The van der Waals surface area contributed by atoms with Crippen molar-refractivity contribution in [3.63, 3.8) is 0 Å². The molecule has 3 heterocycles. The highest BCUT2D eigenvalue weighted by Gasteiger charge is 2.30. The molecule has 0 unspecified atom stereocenters. The van der Waals surface area contributed by atoms with Crippen LogP contribution in [0.5, 0.6) is 11.5 Å². The van der Waals surface area contributed by atoms with Gasteiger partial charge < -0.3 is 25.0 Å². The Hall–Kier alpha value is -3.43. The highest BCUT2D eigenvalue weighted by molar-refractivity contribution is 5.98. The molecule has 3 aromatic rings. The minimum atomic E-state index is -0.769. The highest BCUT2D eigenvalue weighted by atomic mass is 16.5. The number of carbonyl (C=O) groups excluding carboxylic acids is 1. The Balaban J connectivity index is 1.40. The minimum absolute atomic E-state index is 0.0525. The molecular weight excluding hydrogens is 424 g/mol. The topological polar surface area (TPSA) is 119 Å². The summed E-state index contributed by atoms with van der Waals surface area (Å²) in [4.78, 5) is 13.0. The number of aromatic nitrogens is 3. The summed E-state index contributed by atoms with van der Waals surface area (Å²) in [5.74, 6) is 0.184. The van der Waals surface area contributed by atoms with E-state index in [0.29, 0.717) is 43.8 Å². The first-order chi connectivity index (χ1) is 16.0. The number of aromatic hydroxyl groups is 1. The monoisotopic (exact) mass is 450 g/mol. The van der Waals surface area contributed by atoms with E-state index < -0.39 is 18.1 Å². The van der Waals surface area contributed by atoms with Gasteiger partial charge in [0.25, 0.3) is 5.91 Å². The van der Waals surface area contributed by atoms with E-state index in [0.717, 1.165) is 22.4 Å². The van der Waals surface area contributed by atoms with Gasteiger partial charge in [0.15, 0.2) is 0 Å². The first-order valence-electron chi connectivity index (χ1n) is 11.0. The van der Waals surface area contributed by atoms with Crippen molar-refractivity contribution in [3.05, 3.63) is 58.8 Å². The molecule has 1 aromatic heterocycles. The summed E-state index contributed by atoms with van der Waals surface area (Å²) in [7, 11) is 1.83. The third kappa shape index (κ3) is 4.29. The van der Waals surface area contributed by atoms with E-state index in [-0.39, 0.29) is 17.9 Å². The van der Waals surface area contributed by atoms with Crippen LogP contribution in [0.3, 0.4) is 0 Å². The number of nitrogens with one attached hydrogen (secondary N) is 1. The largest absolute Gasteiger partial charge is 0.507 e. The van der Waals surface area contributed by atoms with Crippen LogP contribution >= 0.6 is 0 Å².